The Labute approximate surface area is 152 Å². The van der Waals surface area contributed by atoms with Crippen LogP contribution < -0.4 is 16.0 Å². The number of para-hydroxylation sites is 1. The van der Waals surface area contributed by atoms with Gasteiger partial charge in [0.15, 0.2) is 0 Å². The smallest absolute Gasteiger partial charge is 0.326 e. The average Bonchev–Trinajstić information content (AvgIpc) is 2.65. The van der Waals surface area contributed by atoms with Gasteiger partial charge in [0, 0.05) is 12.2 Å². The Kier molecular flexibility index (Phi) is 5.49. The van der Waals surface area contributed by atoms with Gasteiger partial charge >= 0.3 is 6.03 Å². The highest BCUT2D eigenvalue weighted by molar-refractivity contribution is 5.99. The monoisotopic (exact) mass is 349 g/mol. The molecule has 0 aliphatic carbocycles. The van der Waals surface area contributed by atoms with Gasteiger partial charge in [-0.25, -0.2) is 9.18 Å². The number of nitrogens with two attached hydrogens (primary N) is 1. The number of urea groups is 1. The number of carbonyl (C=O) groups excluding carboxylic acids is 1. The summed E-state index contributed by atoms with van der Waals surface area (Å²) in [5.41, 5.74) is 8.69. The maximum Gasteiger partial charge on any atom is 0.326 e. The second-order valence-corrected chi connectivity index (χ2v) is 5.87. The summed E-state index contributed by atoms with van der Waals surface area (Å²) in [4.78, 5) is 14.4. The largest absolute Gasteiger partial charge is 0.399 e. The van der Waals surface area contributed by atoms with Gasteiger partial charge in [0.1, 0.15) is 5.82 Å². The highest BCUT2D eigenvalue weighted by Crippen LogP contribution is 2.26. The van der Waals surface area contributed by atoms with E-state index >= 15 is 0 Å². The number of hydrogen-bond donors (Lipinski definition) is 2. The summed E-state index contributed by atoms with van der Waals surface area (Å²) in [5.74, 6) is -0.276. The summed E-state index contributed by atoms with van der Waals surface area (Å²) < 4.78 is 13.3. The van der Waals surface area contributed by atoms with Crippen LogP contribution in [0.15, 0.2) is 78.9 Å². The molecule has 0 unspecified atom stereocenters. The molecule has 2 amide bonds. The number of hydrogen-bond acceptors (Lipinski definition) is 2. The summed E-state index contributed by atoms with van der Waals surface area (Å²) >= 11 is 0. The molecule has 0 heterocycles. The van der Waals surface area contributed by atoms with Gasteiger partial charge in [-0.15, -0.1) is 0 Å². The van der Waals surface area contributed by atoms with Crippen molar-refractivity contribution in [1.29, 1.82) is 0 Å². The molecule has 4 nitrogen and oxygen atoms in total. The van der Waals surface area contributed by atoms with Gasteiger partial charge in [0.25, 0.3) is 0 Å². The van der Waals surface area contributed by atoms with Gasteiger partial charge in [0.05, 0.1) is 11.4 Å². The highest BCUT2D eigenvalue weighted by Gasteiger charge is 2.17. The van der Waals surface area contributed by atoms with Crippen molar-refractivity contribution in [2.75, 3.05) is 17.2 Å². The van der Waals surface area contributed by atoms with Gasteiger partial charge < -0.3 is 11.1 Å². The zero-order chi connectivity index (χ0) is 18.4. The second-order valence-electron chi connectivity index (χ2n) is 5.87. The lowest BCUT2D eigenvalue weighted by Gasteiger charge is -2.23. The number of nitrogens with zero attached hydrogens (tertiary/aromatic N) is 1. The normalized spacial score (nSPS) is 10.3. The topological polar surface area (TPSA) is 58.4 Å². The molecule has 3 rings (SSSR count). The molecule has 0 saturated carbocycles. The number of carbonyl (C=O) groups is 1. The van der Waals surface area contributed by atoms with E-state index in [2.05, 4.69) is 5.32 Å². The Morgan fingerprint density at radius 3 is 2.31 bits per heavy atom. The molecular formula is C21H20FN3O. The van der Waals surface area contributed by atoms with Crippen LogP contribution >= 0.6 is 0 Å². The molecule has 3 aromatic carbocycles. The molecule has 0 fully saturated rings. The van der Waals surface area contributed by atoms with E-state index < -0.39 is 0 Å². The van der Waals surface area contributed by atoms with Gasteiger partial charge in [-0.05, 0) is 60.5 Å². The first-order valence-corrected chi connectivity index (χ1v) is 8.36. The number of rotatable bonds is 5. The van der Waals surface area contributed by atoms with Crippen molar-refractivity contribution in [3.8, 4) is 0 Å². The van der Waals surface area contributed by atoms with Crippen molar-refractivity contribution in [1.82, 2.24) is 5.32 Å². The molecule has 132 valence electrons. The van der Waals surface area contributed by atoms with Crippen LogP contribution in [0.1, 0.15) is 5.56 Å². The molecule has 3 N–H and O–H groups in total. The Bertz CT molecular complexity index is 866. The van der Waals surface area contributed by atoms with Crippen LogP contribution in [0.4, 0.5) is 26.2 Å². The van der Waals surface area contributed by atoms with Crippen LogP contribution in [-0.2, 0) is 6.42 Å². The molecular weight excluding hydrogens is 329 g/mol. The minimum Gasteiger partial charge on any atom is -0.399 e. The Morgan fingerprint density at radius 1 is 0.923 bits per heavy atom. The molecule has 0 spiro atoms. The second kappa shape index (κ2) is 8.16. The van der Waals surface area contributed by atoms with Gasteiger partial charge in [-0.1, -0.05) is 30.3 Å². The van der Waals surface area contributed by atoms with E-state index in [0.717, 1.165) is 11.3 Å². The molecule has 0 aliphatic heterocycles. The minimum absolute atomic E-state index is 0.252. The summed E-state index contributed by atoms with van der Waals surface area (Å²) in [6.45, 7) is 0.403. The Hall–Kier alpha value is -3.34. The molecule has 0 radical (unpaired) electrons. The average molecular weight is 349 g/mol. The van der Waals surface area contributed by atoms with E-state index in [-0.39, 0.29) is 11.8 Å². The quantitative estimate of drug-likeness (QED) is 0.666. The van der Waals surface area contributed by atoms with Crippen molar-refractivity contribution >= 4 is 23.1 Å². The van der Waals surface area contributed by atoms with Crippen molar-refractivity contribution in [2.45, 2.75) is 6.42 Å². The summed E-state index contributed by atoms with van der Waals surface area (Å²) in [5, 5.41) is 2.90. The van der Waals surface area contributed by atoms with Crippen LogP contribution in [0.5, 0.6) is 0 Å². The maximum atomic E-state index is 13.3. The summed E-state index contributed by atoms with van der Waals surface area (Å²) in [7, 11) is 0. The zero-order valence-electron chi connectivity index (χ0n) is 14.2. The molecule has 3 aromatic rings. The fraction of sp³-hybridized carbons (Fsp3) is 0.0952. The van der Waals surface area contributed by atoms with E-state index in [4.69, 9.17) is 5.73 Å². The third kappa shape index (κ3) is 4.39. The summed E-state index contributed by atoms with van der Waals surface area (Å²) in [6.07, 6.45) is 0.549. The first kappa shape index (κ1) is 17.5. The number of nitrogen functional groups attached to an aromatic ring is 1. The van der Waals surface area contributed by atoms with E-state index in [1.165, 1.54) is 12.1 Å². The standard InChI is InChI=1S/C21H20FN3O/c22-17-6-4-5-16(15-17)13-14-24-21(26)25(19-7-2-1-3-8-19)20-11-9-18(23)10-12-20/h1-12,15H,13-14,23H2,(H,24,26). The van der Waals surface area contributed by atoms with Gasteiger partial charge in [-0.3, -0.25) is 4.90 Å². The van der Waals surface area contributed by atoms with E-state index in [0.29, 0.717) is 24.3 Å². The highest BCUT2D eigenvalue weighted by atomic mass is 19.1. The van der Waals surface area contributed by atoms with Crippen LogP contribution in [0.25, 0.3) is 0 Å². The van der Waals surface area contributed by atoms with Crippen molar-refractivity contribution in [2.24, 2.45) is 0 Å². The molecule has 0 aliphatic rings. The van der Waals surface area contributed by atoms with Crippen LogP contribution in [0.3, 0.4) is 0 Å². The zero-order valence-corrected chi connectivity index (χ0v) is 14.2. The third-order valence-electron chi connectivity index (χ3n) is 3.95. The predicted octanol–water partition coefficient (Wildman–Crippen LogP) is 4.50. The number of halogens is 1. The number of nitrogens with one attached hydrogen (secondary N) is 1. The Morgan fingerprint density at radius 2 is 1.62 bits per heavy atom. The van der Waals surface area contributed by atoms with E-state index in [1.54, 1.807) is 35.2 Å². The lowest BCUT2D eigenvalue weighted by Crippen LogP contribution is -2.37. The van der Waals surface area contributed by atoms with Gasteiger partial charge in [0.2, 0.25) is 0 Å². The fourth-order valence-corrected chi connectivity index (χ4v) is 2.67. The van der Waals surface area contributed by atoms with Crippen molar-refractivity contribution < 1.29 is 9.18 Å². The van der Waals surface area contributed by atoms with Crippen molar-refractivity contribution in [3.05, 3.63) is 90.2 Å². The first-order chi connectivity index (χ1) is 12.6. The molecule has 5 heteroatoms. The summed E-state index contributed by atoms with van der Waals surface area (Å²) in [6, 6.07) is 22.6. The van der Waals surface area contributed by atoms with Crippen LogP contribution in [-0.4, -0.2) is 12.6 Å². The fourth-order valence-electron chi connectivity index (χ4n) is 2.67. The Balaban J connectivity index is 1.74. The lowest BCUT2D eigenvalue weighted by molar-refractivity contribution is 0.248. The number of anilines is 3. The molecule has 0 aromatic heterocycles. The van der Waals surface area contributed by atoms with E-state index in [1.807, 2.05) is 36.4 Å². The molecule has 26 heavy (non-hydrogen) atoms. The first-order valence-electron chi connectivity index (χ1n) is 8.36. The third-order valence-corrected chi connectivity index (χ3v) is 3.95. The van der Waals surface area contributed by atoms with Gasteiger partial charge in [-0.2, -0.15) is 0 Å². The number of amides is 2. The number of benzene rings is 3. The molecule has 0 saturated heterocycles. The minimum atomic E-state index is -0.276. The maximum absolute atomic E-state index is 13.3. The van der Waals surface area contributed by atoms with Crippen LogP contribution in [0, 0.1) is 5.82 Å². The van der Waals surface area contributed by atoms with Crippen molar-refractivity contribution in [3.63, 3.8) is 0 Å². The van der Waals surface area contributed by atoms with Crippen LogP contribution in [0.2, 0.25) is 0 Å². The lowest BCUT2D eigenvalue weighted by atomic mass is 10.1. The van der Waals surface area contributed by atoms with E-state index in [9.17, 15) is 9.18 Å². The predicted molar refractivity (Wildman–Crippen MR) is 103 cm³/mol. The molecule has 0 bridgehead atoms. The SMILES string of the molecule is Nc1ccc(N(C(=O)NCCc2cccc(F)c2)c2ccccc2)cc1. The molecule has 0 atom stereocenters.